The molecule has 1 amide bonds. The summed E-state index contributed by atoms with van der Waals surface area (Å²) in [5.41, 5.74) is 3.23. The van der Waals surface area contributed by atoms with Crippen molar-refractivity contribution in [2.75, 3.05) is 5.32 Å². The van der Waals surface area contributed by atoms with Crippen molar-refractivity contribution < 1.29 is 14.3 Å². The predicted octanol–water partition coefficient (Wildman–Crippen LogP) is 5.70. The van der Waals surface area contributed by atoms with Crippen LogP contribution in [0.15, 0.2) is 66.7 Å². The molecule has 0 aliphatic carbocycles. The quantitative estimate of drug-likeness (QED) is 0.562. The van der Waals surface area contributed by atoms with Crippen molar-refractivity contribution in [1.29, 1.82) is 0 Å². The highest BCUT2D eigenvalue weighted by Crippen LogP contribution is 2.31. The number of halogens is 2. The summed E-state index contributed by atoms with van der Waals surface area (Å²) in [7, 11) is 0. The van der Waals surface area contributed by atoms with Gasteiger partial charge in [-0.25, -0.2) is 4.79 Å². The van der Waals surface area contributed by atoms with Crippen LogP contribution in [0.1, 0.15) is 37.9 Å². The third kappa shape index (κ3) is 3.88. The minimum absolute atomic E-state index is 0.257. The van der Waals surface area contributed by atoms with Gasteiger partial charge in [0.25, 0.3) is 5.91 Å². The molecular weight excluding hydrogens is 397 g/mol. The molecule has 3 aromatic rings. The highest BCUT2D eigenvalue weighted by atomic mass is 35.5. The van der Waals surface area contributed by atoms with E-state index in [0.29, 0.717) is 33.3 Å². The van der Waals surface area contributed by atoms with Gasteiger partial charge < -0.3 is 10.1 Å². The van der Waals surface area contributed by atoms with Crippen molar-refractivity contribution in [3.05, 3.63) is 99.0 Å². The van der Waals surface area contributed by atoms with Crippen molar-refractivity contribution in [3.63, 3.8) is 0 Å². The van der Waals surface area contributed by atoms with Gasteiger partial charge in [-0.15, -0.1) is 0 Å². The smallest absolute Gasteiger partial charge is 0.339 e. The summed E-state index contributed by atoms with van der Waals surface area (Å²) in [5.74, 6) is -0.655. The van der Waals surface area contributed by atoms with Gasteiger partial charge in [0, 0.05) is 27.7 Å². The number of carbonyl (C=O) groups excluding carboxylic acids is 2. The van der Waals surface area contributed by atoms with E-state index in [4.69, 9.17) is 27.9 Å². The van der Waals surface area contributed by atoms with E-state index < -0.39 is 12.1 Å². The van der Waals surface area contributed by atoms with Gasteiger partial charge in [-0.1, -0.05) is 35.3 Å². The molecule has 6 heteroatoms. The fourth-order valence-corrected chi connectivity index (χ4v) is 3.39. The summed E-state index contributed by atoms with van der Waals surface area (Å²) < 4.78 is 5.55. The second-order valence-electron chi connectivity index (χ2n) is 6.48. The van der Waals surface area contributed by atoms with Crippen molar-refractivity contribution in [2.24, 2.45) is 0 Å². The van der Waals surface area contributed by atoms with E-state index in [0.717, 1.165) is 11.1 Å². The number of benzene rings is 3. The second kappa shape index (κ2) is 7.66. The molecule has 4 nitrogen and oxygen atoms in total. The predicted molar refractivity (Wildman–Crippen MR) is 109 cm³/mol. The Morgan fingerprint density at radius 2 is 1.57 bits per heavy atom. The maximum atomic E-state index is 12.6. The topological polar surface area (TPSA) is 55.4 Å². The van der Waals surface area contributed by atoms with E-state index in [9.17, 15) is 9.59 Å². The van der Waals surface area contributed by atoms with E-state index in [2.05, 4.69) is 5.32 Å². The Labute approximate surface area is 172 Å². The number of rotatable bonds is 3. The number of esters is 1. The molecule has 1 aliphatic heterocycles. The van der Waals surface area contributed by atoms with Crippen LogP contribution in [0.25, 0.3) is 0 Å². The van der Waals surface area contributed by atoms with E-state index >= 15 is 0 Å². The molecule has 28 heavy (non-hydrogen) atoms. The number of cyclic esters (lactones) is 1. The first-order chi connectivity index (χ1) is 13.5. The van der Waals surface area contributed by atoms with Crippen LogP contribution < -0.4 is 5.32 Å². The van der Waals surface area contributed by atoms with Crippen LogP contribution in [0.4, 0.5) is 5.69 Å². The largest absolute Gasteiger partial charge is 0.454 e. The number of anilines is 1. The second-order valence-corrected chi connectivity index (χ2v) is 7.36. The molecule has 4 rings (SSSR count). The zero-order chi connectivity index (χ0) is 19.7. The number of amides is 1. The van der Waals surface area contributed by atoms with Crippen molar-refractivity contribution >= 4 is 40.8 Å². The molecule has 0 fully saturated rings. The summed E-state index contributed by atoms with van der Waals surface area (Å²) in [6.45, 7) is 0. The van der Waals surface area contributed by atoms with Gasteiger partial charge >= 0.3 is 5.97 Å². The first kappa shape index (κ1) is 18.5. The fraction of sp³-hybridized carbons (Fsp3) is 0.0909. The zero-order valence-corrected chi connectivity index (χ0v) is 16.1. The number of hydrogen-bond acceptors (Lipinski definition) is 3. The monoisotopic (exact) mass is 411 g/mol. The minimum Gasteiger partial charge on any atom is -0.454 e. The Morgan fingerprint density at radius 3 is 2.25 bits per heavy atom. The molecule has 0 spiro atoms. The lowest BCUT2D eigenvalue weighted by Gasteiger charge is -2.25. The zero-order valence-electron chi connectivity index (χ0n) is 14.6. The van der Waals surface area contributed by atoms with Crippen molar-refractivity contribution in [3.8, 4) is 0 Å². The highest BCUT2D eigenvalue weighted by molar-refractivity contribution is 6.30. The van der Waals surface area contributed by atoms with Gasteiger partial charge in [-0.2, -0.15) is 0 Å². The summed E-state index contributed by atoms with van der Waals surface area (Å²) in [6.07, 6.45) is 0.0805. The molecule has 0 saturated carbocycles. The Bertz CT molecular complexity index is 1050. The average Bonchev–Trinajstić information content (AvgIpc) is 2.69. The van der Waals surface area contributed by atoms with Gasteiger partial charge in [0.2, 0.25) is 0 Å². The summed E-state index contributed by atoms with van der Waals surface area (Å²) >= 11 is 11.8. The summed E-state index contributed by atoms with van der Waals surface area (Å²) in [5, 5.41) is 4.04. The van der Waals surface area contributed by atoms with Gasteiger partial charge in [0.1, 0.15) is 6.10 Å². The molecule has 0 aromatic heterocycles. The van der Waals surface area contributed by atoms with Crippen LogP contribution in [0.2, 0.25) is 10.0 Å². The van der Waals surface area contributed by atoms with E-state index in [-0.39, 0.29) is 5.91 Å². The lowest BCUT2D eigenvalue weighted by atomic mass is 9.93. The van der Waals surface area contributed by atoms with Gasteiger partial charge in [0.05, 0.1) is 5.56 Å². The fourth-order valence-electron chi connectivity index (χ4n) is 3.14. The third-order valence-corrected chi connectivity index (χ3v) is 5.09. The van der Waals surface area contributed by atoms with Gasteiger partial charge in [-0.3, -0.25) is 4.79 Å². The number of carbonyl (C=O) groups is 2. The van der Waals surface area contributed by atoms with Crippen LogP contribution in [-0.4, -0.2) is 11.9 Å². The number of ether oxygens (including phenoxy) is 1. The first-order valence-corrected chi connectivity index (χ1v) is 9.41. The van der Waals surface area contributed by atoms with Gasteiger partial charge in [-0.05, 0) is 65.7 Å². The molecule has 1 aliphatic rings. The highest BCUT2D eigenvalue weighted by Gasteiger charge is 2.28. The van der Waals surface area contributed by atoms with Crippen LogP contribution in [-0.2, 0) is 11.2 Å². The average molecular weight is 412 g/mol. The Balaban J connectivity index is 1.57. The lowest BCUT2D eigenvalue weighted by Crippen LogP contribution is -2.23. The van der Waals surface area contributed by atoms with E-state index in [1.807, 2.05) is 12.1 Å². The van der Waals surface area contributed by atoms with E-state index in [1.165, 1.54) is 0 Å². The molecule has 0 radical (unpaired) electrons. The minimum atomic E-state index is -0.410. The SMILES string of the molecule is O=C(Nc1ccc(Cl)cc1)c1ccc2c(c1)C[C@H](c1ccc(Cl)cc1)OC2=O. The number of nitrogens with one attached hydrogen (secondary N) is 1. The Kier molecular flexibility index (Phi) is 5.07. The molecule has 1 heterocycles. The Hall–Kier alpha value is -2.82. The van der Waals surface area contributed by atoms with Crippen LogP contribution in [0.3, 0.4) is 0 Å². The Morgan fingerprint density at radius 1 is 0.929 bits per heavy atom. The summed E-state index contributed by atoms with van der Waals surface area (Å²) in [4.78, 5) is 25.0. The van der Waals surface area contributed by atoms with E-state index in [1.54, 1.807) is 54.6 Å². The normalized spacial score (nSPS) is 15.5. The first-order valence-electron chi connectivity index (χ1n) is 8.66. The van der Waals surface area contributed by atoms with Crippen LogP contribution >= 0.6 is 23.2 Å². The third-order valence-electron chi connectivity index (χ3n) is 4.59. The molecule has 0 bridgehead atoms. The number of fused-ring (bicyclic) bond motifs is 1. The van der Waals surface area contributed by atoms with Crippen molar-refractivity contribution in [1.82, 2.24) is 0 Å². The summed E-state index contributed by atoms with van der Waals surface area (Å²) in [6, 6.07) is 19.0. The standard InChI is InChI=1S/C22H15Cl2NO3/c23-16-4-1-13(2-5-16)20-12-15-11-14(3-10-19(15)22(27)28-20)21(26)25-18-8-6-17(24)7-9-18/h1-11,20H,12H2,(H,25,26)/t20-/m1/s1. The van der Waals surface area contributed by atoms with Gasteiger partial charge in [0.15, 0.2) is 0 Å². The molecule has 3 aromatic carbocycles. The maximum Gasteiger partial charge on any atom is 0.339 e. The molecule has 140 valence electrons. The lowest BCUT2D eigenvalue weighted by molar-refractivity contribution is 0.0252. The van der Waals surface area contributed by atoms with Crippen molar-refractivity contribution in [2.45, 2.75) is 12.5 Å². The van der Waals surface area contributed by atoms with Crippen LogP contribution in [0, 0.1) is 0 Å². The molecular formula is C22H15Cl2NO3. The molecule has 1 N–H and O–H groups in total. The molecule has 0 unspecified atom stereocenters. The molecule has 0 saturated heterocycles. The maximum absolute atomic E-state index is 12.6. The number of hydrogen-bond donors (Lipinski definition) is 1. The molecule has 1 atom stereocenters. The van der Waals surface area contributed by atoms with Crippen LogP contribution in [0.5, 0.6) is 0 Å².